The number of amides is 1. The number of hydrogen-bond acceptors (Lipinski definition) is 6. The monoisotopic (exact) mass is 348 g/mol. The minimum atomic E-state index is -0.227. The first kappa shape index (κ1) is 16.4. The van der Waals surface area contributed by atoms with Crippen LogP contribution in [-0.2, 0) is 0 Å². The van der Waals surface area contributed by atoms with Crippen LogP contribution < -0.4 is 10.2 Å². The Balaban J connectivity index is 1.51. The van der Waals surface area contributed by atoms with Crippen molar-refractivity contribution in [3.63, 3.8) is 0 Å². The lowest BCUT2D eigenvalue weighted by molar-refractivity contribution is 0.102. The van der Waals surface area contributed by atoms with Gasteiger partial charge in [-0.05, 0) is 37.0 Å². The summed E-state index contributed by atoms with van der Waals surface area (Å²) in [6.07, 6.45) is 7.05. The van der Waals surface area contributed by atoms with E-state index in [0.717, 1.165) is 43.2 Å². The second kappa shape index (κ2) is 7.03. The van der Waals surface area contributed by atoms with Crippen molar-refractivity contribution < 1.29 is 4.79 Å². The van der Waals surface area contributed by atoms with Crippen LogP contribution in [0.1, 0.15) is 30.1 Å². The predicted molar refractivity (Wildman–Crippen MR) is 100 cm³/mol. The molecular weight excluding hydrogens is 328 g/mol. The van der Waals surface area contributed by atoms with E-state index in [1.54, 1.807) is 30.6 Å². The molecule has 1 N–H and O–H groups in total. The Hall–Kier alpha value is -3.09. The molecule has 1 aromatic carbocycles. The van der Waals surface area contributed by atoms with Crippen LogP contribution in [-0.4, -0.2) is 38.9 Å². The van der Waals surface area contributed by atoms with Crippen molar-refractivity contribution in [1.29, 1.82) is 0 Å². The highest BCUT2D eigenvalue weighted by Crippen LogP contribution is 2.22. The zero-order valence-electron chi connectivity index (χ0n) is 14.6. The molecular formula is C19H20N6O. The molecule has 1 amide bonds. The molecule has 7 heteroatoms. The van der Waals surface area contributed by atoms with Crippen molar-refractivity contribution in [3.05, 3.63) is 48.5 Å². The molecule has 1 aliphatic heterocycles. The number of fused-ring (bicyclic) bond motifs is 1. The highest BCUT2D eigenvalue weighted by atomic mass is 16.1. The van der Waals surface area contributed by atoms with Gasteiger partial charge in [-0.2, -0.15) is 0 Å². The Kier molecular flexibility index (Phi) is 4.43. The maximum atomic E-state index is 12.6. The lowest BCUT2D eigenvalue weighted by Crippen LogP contribution is -2.33. The first-order valence-electron chi connectivity index (χ1n) is 8.78. The number of carbonyl (C=O) groups is 1. The summed E-state index contributed by atoms with van der Waals surface area (Å²) in [4.78, 5) is 31.8. The van der Waals surface area contributed by atoms with Gasteiger partial charge >= 0.3 is 0 Å². The number of nitrogens with zero attached hydrogens (tertiary/aromatic N) is 5. The molecule has 0 unspecified atom stereocenters. The molecule has 0 aliphatic carbocycles. The molecule has 3 aromatic rings. The summed E-state index contributed by atoms with van der Waals surface area (Å²) in [5.41, 5.74) is 1.96. The molecule has 0 spiro atoms. The average Bonchev–Trinajstić information content (AvgIpc) is 2.68. The molecule has 26 heavy (non-hydrogen) atoms. The van der Waals surface area contributed by atoms with Crippen LogP contribution in [0.25, 0.3) is 11.0 Å². The molecule has 1 aliphatic rings. The van der Waals surface area contributed by atoms with Crippen LogP contribution in [0.2, 0.25) is 0 Å². The van der Waals surface area contributed by atoms with E-state index < -0.39 is 0 Å². The van der Waals surface area contributed by atoms with Gasteiger partial charge in [0.15, 0.2) is 0 Å². The molecule has 0 radical (unpaired) electrons. The summed E-state index contributed by atoms with van der Waals surface area (Å²) in [7, 11) is 0. The number of aromatic nitrogens is 4. The van der Waals surface area contributed by atoms with Gasteiger partial charge in [0.05, 0.1) is 11.0 Å². The Bertz CT molecular complexity index is 936. The summed E-state index contributed by atoms with van der Waals surface area (Å²) in [6.45, 7) is 4.24. The smallest absolute Gasteiger partial charge is 0.256 e. The number of anilines is 2. The van der Waals surface area contributed by atoms with E-state index in [4.69, 9.17) is 0 Å². The van der Waals surface area contributed by atoms with E-state index in [9.17, 15) is 4.79 Å². The number of rotatable bonds is 3. The van der Waals surface area contributed by atoms with Gasteiger partial charge < -0.3 is 10.2 Å². The number of piperidine rings is 1. The predicted octanol–water partition coefficient (Wildman–Crippen LogP) is 2.91. The molecule has 0 atom stereocenters. The van der Waals surface area contributed by atoms with E-state index in [0.29, 0.717) is 16.9 Å². The zero-order chi connectivity index (χ0) is 17.9. The Labute approximate surface area is 151 Å². The van der Waals surface area contributed by atoms with Crippen LogP contribution >= 0.6 is 0 Å². The molecule has 2 aromatic heterocycles. The average molecular weight is 348 g/mol. The largest absolute Gasteiger partial charge is 0.356 e. The van der Waals surface area contributed by atoms with Gasteiger partial charge in [0, 0.05) is 37.1 Å². The van der Waals surface area contributed by atoms with Crippen molar-refractivity contribution in [2.45, 2.75) is 19.8 Å². The summed E-state index contributed by atoms with van der Waals surface area (Å²) < 4.78 is 0. The fraction of sp³-hybridized carbons (Fsp3) is 0.316. The highest BCUT2D eigenvalue weighted by molar-refractivity contribution is 6.05. The SMILES string of the molecule is CC1CCN(c2cc(NC(=O)c3ccc4nccnc4c3)ncn2)CC1. The fourth-order valence-corrected chi connectivity index (χ4v) is 3.12. The van der Waals surface area contributed by atoms with Crippen LogP contribution in [0.4, 0.5) is 11.6 Å². The van der Waals surface area contributed by atoms with Crippen LogP contribution in [0.15, 0.2) is 43.0 Å². The van der Waals surface area contributed by atoms with Crippen molar-refractivity contribution >= 4 is 28.6 Å². The van der Waals surface area contributed by atoms with E-state index in [2.05, 4.69) is 37.1 Å². The van der Waals surface area contributed by atoms with Crippen molar-refractivity contribution in [3.8, 4) is 0 Å². The number of benzene rings is 1. The van der Waals surface area contributed by atoms with E-state index in [-0.39, 0.29) is 5.91 Å². The number of nitrogens with one attached hydrogen (secondary N) is 1. The molecule has 0 bridgehead atoms. The molecule has 0 saturated carbocycles. The molecule has 4 rings (SSSR count). The van der Waals surface area contributed by atoms with E-state index in [1.165, 1.54) is 6.33 Å². The lowest BCUT2D eigenvalue weighted by atomic mass is 9.99. The second-order valence-corrected chi connectivity index (χ2v) is 6.64. The molecule has 132 valence electrons. The van der Waals surface area contributed by atoms with Crippen molar-refractivity contribution in [2.75, 3.05) is 23.3 Å². The zero-order valence-corrected chi connectivity index (χ0v) is 14.6. The molecule has 1 saturated heterocycles. The first-order valence-corrected chi connectivity index (χ1v) is 8.78. The van der Waals surface area contributed by atoms with E-state index >= 15 is 0 Å². The Morgan fingerprint density at radius 1 is 1.04 bits per heavy atom. The van der Waals surface area contributed by atoms with Gasteiger partial charge in [-0.3, -0.25) is 14.8 Å². The molecule has 3 heterocycles. The third-order valence-electron chi connectivity index (χ3n) is 4.73. The van der Waals surface area contributed by atoms with Gasteiger partial charge in [0.1, 0.15) is 18.0 Å². The maximum absolute atomic E-state index is 12.6. The van der Waals surface area contributed by atoms with Crippen LogP contribution in [0, 0.1) is 5.92 Å². The summed E-state index contributed by atoms with van der Waals surface area (Å²) in [5, 5.41) is 2.85. The summed E-state index contributed by atoms with van der Waals surface area (Å²) in [5.74, 6) is 1.88. The van der Waals surface area contributed by atoms with Crippen molar-refractivity contribution in [2.24, 2.45) is 5.92 Å². The third-order valence-corrected chi connectivity index (χ3v) is 4.73. The molecule has 7 nitrogen and oxygen atoms in total. The Morgan fingerprint density at radius 3 is 2.62 bits per heavy atom. The topological polar surface area (TPSA) is 83.9 Å². The third kappa shape index (κ3) is 3.46. The van der Waals surface area contributed by atoms with Gasteiger partial charge in [0.25, 0.3) is 5.91 Å². The fourth-order valence-electron chi connectivity index (χ4n) is 3.12. The van der Waals surface area contributed by atoms with Gasteiger partial charge in [-0.1, -0.05) is 6.92 Å². The van der Waals surface area contributed by atoms with Crippen LogP contribution in [0.3, 0.4) is 0 Å². The molecule has 1 fully saturated rings. The summed E-state index contributed by atoms with van der Waals surface area (Å²) >= 11 is 0. The minimum Gasteiger partial charge on any atom is -0.356 e. The number of carbonyl (C=O) groups excluding carboxylic acids is 1. The van der Waals surface area contributed by atoms with Gasteiger partial charge in [-0.25, -0.2) is 9.97 Å². The highest BCUT2D eigenvalue weighted by Gasteiger charge is 2.18. The second-order valence-electron chi connectivity index (χ2n) is 6.64. The van der Waals surface area contributed by atoms with Gasteiger partial charge in [-0.15, -0.1) is 0 Å². The van der Waals surface area contributed by atoms with Crippen molar-refractivity contribution in [1.82, 2.24) is 19.9 Å². The standard InChI is InChI=1S/C19H20N6O/c1-13-4-8-25(9-5-13)18-11-17(22-12-23-18)24-19(26)14-2-3-15-16(10-14)21-7-6-20-15/h2-3,6-7,10-13H,4-5,8-9H2,1H3,(H,22,23,24,26). The maximum Gasteiger partial charge on any atom is 0.256 e. The minimum absolute atomic E-state index is 0.227. The van der Waals surface area contributed by atoms with E-state index in [1.807, 2.05) is 6.07 Å². The summed E-state index contributed by atoms with van der Waals surface area (Å²) in [6, 6.07) is 7.08. The number of hydrogen-bond donors (Lipinski definition) is 1. The first-order chi connectivity index (χ1) is 12.7. The Morgan fingerprint density at radius 2 is 1.81 bits per heavy atom. The lowest BCUT2D eigenvalue weighted by Gasteiger charge is -2.31. The van der Waals surface area contributed by atoms with Gasteiger partial charge in [0.2, 0.25) is 0 Å². The van der Waals surface area contributed by atoms with Crippen LogP contribution in [0.5, 0.6) is 0 Å². The quantitative estimate of drug-likeness (QED) is 0.783. The normalized spacial score (nSPS) is 15.2.